The fourth-order valence-electron chi connectivity index (χ4n) is 4.99. The Morgan fingerprint density at radius 2 is 1.81 bits per heavy atom. The lowest BCUT2D eigenvalue weighted by atomic mass is 9.97. The van der Waals surface area contributed by atoms with Crippen LogP contribution in [0.3, 0.4) is 0 Å². The molecular weight excluding hydrogens is 490 g/mol. The molecule has 0 spiro atoms. The van der Waals surface area contributed by atoms with Crippen molar-refractivity contribution in [2.45, 2.75) is 31.3 Å². The molecule has 8 nitrogen and oxygen atoms in total. The first-order valence-corrected chi connectivity index (χ1v) is 12.9. The van der Waals surface area contributed by atoms with E-state index in [0.717, 1.165) is 37.2 Å². The van der Waals surface area contributed by atoms with Crippen LogP contribution in [0.15, 0.2) is 67.0 Å². The Bertz CT molecular complexity index is 1260. The van der Waals surface area contributed by atoms with Crippen molar-refractivity contribution in [3.63, 3.8) is 0 Å². The average Bonchev–Trinajstić information content (AvgIpc) is 2.94. The molecule has 0 saturated carbocycles. The van der Waals surface area contributed by atoms with Crippen molar-refractivity contribution in [2.24, 2.45) is 0 Å². The number of hydrogen-bond acceptors (Lipinski definition) is 5. The Morgan fingerprint density at radius 1 is 1.05 bits per heavy atom. The number of ether oxygens (including phenoxy) is 1. The molecular formula is C28H30ClN5O3. The number of fused-ring (bicyclic) bond motifs is 1. The Morgan fingerprint density at radius 3 is 2.57 bits per heavy atom. The summed E-state index contributed by atoms with van der Waals surface area (Å²) < 4.78 is 5.81. The van der Waals surface area contributed by atoms with E-state index in [-0.39, 0.29) is 24.0 Å². The summed E-state index contributed by atoms with van der Waals surface area (Å²) in [5, 5.41) is 6.27. The zero-order valence-corrected chi connectivity index (χ0v) is 21.4. The number of aromatic nitrogens is 1. The lowest BCUT2D eigenvalue weighted by molar-refractivity contribution is 0.0709. The van der Waals surface area contributed by atoms with Gasteiger partial charge in [-0.25, -0.2) is 4.79 Å². The highest BCUT2D eigenvalue weighted by Gasteiger charge is 2.29. The number of para-hydroxylation sites is 1. The number of benzene rings is 2. The van der Waals surface area contributed by atoms with Gasteiger partial charge in [0.25, 0.3) is 5.91 Å². The third kappa shape index (κ3) is 5.64. The van der Waals surface area contributed by atoms with Crippen molar-refractivity contribution in [3.8, 4) is 5.75 Å². The van der Waals surface area contributed by atoms with Gasteiger partial charge in [-0.15, -0.1) is 0 Å². The van der Waals surface area contributed by atoms with Crippen LogP contribution < -0.4 is 20.3 Å². The fourth-order valence-corrected chi connectivity index (χ4v) is 5.18. The molecule has 37 heavy (non-hydrogen) atoms. The van der Waals surface area contributed by atoms with Crippen LogP contribution in [0, 0.1) is 0 Å². The number of pyridine rings is 1. The molecule has 5 rings (SSSR count). The smallest absolute Gasteiger partial charge is 0.319 e. The topological polar surface area (TPSA) is 86.8 Å². The van der Waals surface area contributed by atoms with Crippen molar-refractivity contribution in [1.82, 2.24) is 15.2 Å². The monoisotopic (exact) mass is 519 g/mol. The van der Waals surface area contributed by atoms with E-state index in [4.69, 9.17) is 16.3 Å². The SMILES string of the molecule is CN(C(=O)c1ccc2c(c1)C(NC(=O)Nc1ccccc1Cl)CCO2)C1CCN(c2ccncc2)CC1. The molecule has 1 saturated heterocycles. The lowest BCUT2D eigenvalue weighted by Crippen LogP contribution is -2.45. The minimum atomic E-state index is -0.360. The van der Waals surface area contributed by atoms with Crippen LogP contribution in [-0.4, -0.2) is 54.6 Å². The third-order valence-electron chi connectivity index (χ3n) is 7.08. The maximum atomic E-state index is 13.4. The number of piperidine rings is 1. The van der Waals surface area contributed by atoms with Crippen LogP contribution in [0.2, 0.25) is 5.02 Å². The Hall–Kier alpha value is -3.78. The van der Waals surface area contributed by atoms with E-state index in [1.54, 1.807) is 36.7 Å². The first-order valence-electron chi connectivity index (χ1n) is 12.5. The molecule has 1 atom stereocenters. The Labute approximate surface area is 221 Å². The van der Waals surface area contributed by atoms with Gasteiger partial charge >= 0.3 is 6.03 Å². The first-order chi connectivity index (χ1) is 18.0. The van der Waals surface area contributed by atoms with E-state index >= 15 is 0 Å². The zero-order valence-electron chi connectivity index (χ0n) is 20.7. The van der Waals surface area contributed by atoms with E-state index in [0.29, 0.717) is 35.1 Å². The highest BCUT2D eigenvalue weighted by Crippen LogP contribution is 2.34. The van der Waals surface area contributed by atoms with Gasteiger partial charge in [-0.2, -0.15) is 0 Å². The number of hydrogen-bond donors (Lipinski definition) is 2. The average molecular weight is 520 g/mol. The predicted molar refractivity (Wildman–Crippen MR) is 144 cm³/mol. The highest BCUT2D eigenvalue weighted by atomic mass is 35.5. The lowest BCUT2D eigenvalue weighted by Gasteiger charge is -2.38. The molecule has 9 heteroatoms. The van der Waals surface area contributed by atoms with Crippen molar-refractivity contribution in [2.75, 3.05) is 37.0 Å². The van der Waals surface area contributed by atoms with Crippen LogP contribution in [-0.2, 0) is 0 Å². The molecule has 2 aliphatic rings. The molecule has 2 N–H and O–H groups in total. The molecule has 192 valence electrons. The largest absolute Gasteiger partial charge is 0.493 e. The number of urea groups is 1. The second-order valence-corrected chi connectivity index (χ2v) is 9.77. The van der Waals surface area contributed by atoms with Crippen LogP contribution in [0.4, 0.5) is 16.2 Å². The summed E-state index contributed by atoms with van der Waals surface area (Å²) in [5.74, 6) is 0.647. The number of rotatable bonds is 5. The first kappa shape index (κ1) is 24.9. The number of carbonyl (C=O) groups excluding carboxylic acids is 2. The number of halogens is 1. The summed E-state index contributed by atoms with van der Waals surface area (Å²) >= 11 is 6.17. The molecule has 3 amide bonds. The van der Waals surface area contributed by atoms with Crippen LogP contribution in [0.25, 0.3) is 0 Å². The van der Waals surface area contributed by atoms with Gasteiger partial charge in [-0.05, 0) is 55.3 Å². The van der Waals surface area contributed by atoms with Crippen LogP contribution >= 0.6 is 11.6 Å². The zero-order chi connectivity index (χ0) is 25.8. The normalized spacial score (nSPS) is 17.4. The molecule has 3 heterocycles. The van der Waals surface area contributed by atoms with Gasteiger partial charge in [0, 0.05) is 61.8 Å². The molecule has 2 aromatic carbocycles. The summed E-state index contributed by atoms with van der Waals surface area (Å²) in [6, 6.07) is 16.1. The van der Waals surface area contributed by atoms with E-state index in [1.165, 1.54) is 0 Å². The third-order valence-corrected chi connectivity index (χ3v) is 7.41. The molecule has 3 aromatic rings. The number of nitrogens with one attached hydrogen (secondary N) is 2. The maximum Gasteiger partial charge on any atom is 0.319 e. The molecule has 0 radical (unpaired) electrons. The van der Waals surface area contributed by atoms with E-state index in [9.17, 15) is 9.59 Å². The van der Waals surface area contributed by atoms with Crippen LogP contribution in [0.1, 0.15) is 41.2 Å². The van der Waals surface area contributed by atoms with Crippen molar-refractivity contribution >= 4 is 34.9 Å². The molecule has 0 aliphatic carbocycles. The fraction of sp³-hybridized carbons (Fsp3) is 0.321. The van der Waals surface area contributed by atoms with Gasteiger partial charge in [0.2, 0.25) is 0 Å². The summed E-state index contributed by atoms with van der Waals surface area (Å²) in [6.45, 7) is 2.25. The van der Waals surface area contributed by atoms with E-state index in [1.807, 2.05) is 42.3 Å². The van der Waals surface area contributed by atoms with Crippen molar-refractivity contribution < 1.29 is 14.3 Å². The second-order valence-electron chi connectivity index (χ2n) is 9.36. The summed E-state index contributed by atoms with van der Waals surface area (Å²) in [6.07, 6.45) is 6.00. The van der Waals surface area contributed by atoms with Gasteiger partial charge in [0.05, 0.1) is 23.4 Å². The van der Waals surface area contributed by atoms with Crippen molar-refractivity contribution in [3.05, 3.63) is 83.1 Å². The molecule has 2 aliphatic heterocycles. The standard InChI is InChI=1S/C28H30ClN5O3/c1-33(20-10-15-34(16-11-20)21-8-13-30-14-9-21)27(35)19-6-7-26-22(18-19)24(12-17-37-26)31-28(36)32-25-5-3-2-4-23(25)29/h2-9,13-14,18,20,24H,10-12,15-17H2,1H3,(H2,31,32,36). The van der Waals surface area contributed by atoms with Gasteiger partial charge < -0.3 is 25.2 Å². The Kier molecular flexibility index (Phi) is 7.46. The van der Waals surface area contributed by atoms with Gasteiger partial charge in [0.15, 0.2) is 0 Å². The number of carbonyl (C=O) groups is 2. The molecule has 1 unspecified atom stereocenters. The predicted octanol–water partition coefficient (Wildman–Crippen LogP) is 5.12. The van der Waals surface area contributed by atoms with E-state index < -0.39 is 0 Å². The highest BCUT2D eigenvalue weighted by molar-refractivity contribution is 6.33. The van der Waals surface area contributed by atoms with Crippen LogP contribution in [0.5, 0.6) is 5.75 Å². The van der Waals surface area contributed by atoms with E-state index in [2.05, 4.69) is 20.5 Å². The van der Waals surface area contributed by atoms with Gasteiger partial charge in [-0.1, -0.05) is 23.7 Å². The number of amides is 3. The van der Waals surface area contributed by atoms with Gasteiger partial charge in [0.1, 0.15) is 5.75 Å². The van der Waals surface area contributed by atoms with Gasteiger partial charge in [-0.3, -0.25) is 9.78 Å². The minimum Gasteiger partial charge on any atom is -0.493 e. The molecule has 1 fully saturated rings. The summed E-state index contributed by atoms with van der Waals surface area (Å²) in [7, 11) is 1.87. The molecule has 0 bridgehead atoms. The quantitative estimate of drug-likeness (QED) is 0.488. The summed E-state index contributed by atoms with van der Waals surface area (Å²) in [5.41, 5.74) is 3.08. The number of anilines is 2. The number of nitrogens with zero attached hydrogens (tertiary/aromatic N) is 3. The maximum absolute atomic E-state index is 13.4. The van der Waals surface area contributed by atoms with Crippen molar-refractivity contribution in [1.29, 1.82) is 0 Å². The second kappa shape index (κ2) is 11.1. The Balaban J connectivity index is 1.24. The summed E-state index contributed by atoms with van der Waals surface area (Å²) in [4.78, 5) is 34.4. The minimum absolute atomic E-state index is 0.0324. The molecule has 1 aromatic heterocycles.